The number of rotatable bonds is 3. The SMILES string of the molecule is CC[C@@H](C)NC(=O)c1ccc(N)cc1. The van der Waals surface area contributed by atoms with Gasteiger partial charge in [-0.3, -0.25) is 4.79 Å². The van der Waals surface area contributed by atoms with Crippen molar-refractivity contribution in [3.63, 3.8) is 0 Å². The van der Waals surface area contributed by atoms with Gasteiger partial charge in [0.25, 0.3) is 5.91 Å². The Bertz CT molecular complexity index is 306. The fourth-order valence-corrected chi connectivity index (χ4v) is 1.04. The van der Waals surface area contributed by atoms with E-state index in [-0.39, 0.29) is 11.9 Å². The van der Waals surface area contributed by atoms with E-state index in [0.29, 0.717) is 11.3 Å². The molecule has 0 aromatic heterocycles. The first-order valence-electron chi connectivity index (χ1n) is 4.80. The monoisotopic (exact) mass is 192 g/mol. The number of anilines is 1. The molecule has 0 radical (unpaired) electrons. The van der Waals surface area contributed by atoms with Crippen LogP contribution in [0.1, 0.15) is 30.6 Å². The zero-order valence-corrected chi connectivity index (χ0v) is 8.58. The molecule has 0 saturated heterocycles. The second-order valence-corrected chi connectivity index (χ2v) is 3.40. The first-order valence-corrected chi connectivity index (χ1v) is 4.80. The van der Waals surface area contributed by atoms with Gasteiger partial charge in [0.1, 0.15) is 0 Å². The molecule has 0 unspecified atom stereocenters. The quantitative estimate of drug-likeness (QED) is 0.717. The zero-order valence-electron chi connectivity index (χ0n) is 8.58. The number of hydrogen-bond acceptors (Lipinski definition) is 2. The maximum absolute atomic E-state index is 11.6. The van der Waals surface area contributed by atoms with E-state index < -0.39 is 0 Å². The fraction of sp³-hybridized carbons (Fsp3) is 0.364. The molecule has 0 aliphatic carbocycles. The van der Waals surface area contributed by atoms with Crippen LogP contribution in [0.15, 0.2) is 24.3 Å². The number of nitrogen functional groups attached to an aromatic ring is 1. The van der Waals surface area contributed by atoms with Gasteiger partial charge >= 0.3 is 0 Å². The molecule has 3 nitrogen and oxygen atoms in total. The summed E-state index contributed by atoms with van der Waals surface area (Å²) >= 11 is 0. The topological polar surface area (TPSA) is 55.1 Å². The molecule has 0 spiro atoms. The smallest absolute Gasteiger partial charge is 0.251 e. The Hall–Kier alpha value is -1.51. The maximum Gasteiger partial charge on any atom is 0.251 e. The van der Waals surface area contributed by atoms with Crippen LogP contribution in [0, 0.1) is 0 Å². The summed E-state index contributed by atoms with van der Waals surface area (Å²) in [4.78, 5) is 11.6. The molecule has 3 heteroatoms. The molecule has 1 rings (SSSR count). The van der Waals surface area contributed by atoms with Crippen molar-refractivity contribution in [2.75, 3.05) is 5.73 Å². The van der Waals surface area contributed by atoms with Crippen LogP contribution in [-0.4, -0.2) is 11.9 Å². The lowest BCUT2D eigenvalue weighted by molar-refractivity contribution is 0.0939. The van der Waals surface area contributed by atoms with Gasteiger partial charge in [0.2, 0.25) is 0 Å². The molecule has 0 fully saturated rings. The first kappa shape index (κ1) is 10.6. The van der Waals surface area contributed by atoms with Gasteiger partial charge in [0.05, 0.1) is 0 Å². The third-order valence-corrected chi connectivity index (χ3v) is 2.16. The fourth-order valence-electron chi connectivity index (χ4n) is 1.04. The molecule has 0 bridgehead atoms. The Balaban J connectivity index is 2.65. The summed E-state index contributed by atoms with van der Waals surface area (Å²) in [7, 11) is 0. The number of hydrogen-bond donors (Lipinski definition) is 2. The highest BCUT2D eigenvalue weighted by Gasteiger charge is 2.07. The van der Waals surface area contributed by atoms with Gasteiger partial charge in [0, 0.05) is 17.3 Å². The summed E-state index contributed by atoms with van der Waals surface area (Å²) in [5.74, 6) is -0.0423. The summed E-state index contributed by atoms with van der Waals surface area (Å²) in [6.07, 6.45) is 0.931. The van der Waals surface area contributed by atoms with Gasteiger partial charge in [-0.2, -0.15) is 0 Å². The van der Waals surface area contributed by atoms with Crippen LogP contribution in [-0.2, 0) is 0 Å². The highest BCUT2D eigenvalue weighted by atomic mass is 16.1. The van der Waals surface area contributed by atoms with Crippen LogP contribution >= 0.6 is 0 Å². The predicted molar refractivity (Wildman–Crippen MR) is 58.1 cm³/mol. The molecule has 76 valence electrons. The van der Waals surface area contributed by atoms with Crippen molar-refractivity contribution in [3.8, 4) is 0 Å². The van der Waals surface area contributed by atoms with E-state index in [9.17, 15) is 4.79 Å². The van der Waals surface area contributed by atoms with Crippen LogP contribution in [0.25, 0.3) is 0 Å². The lowest BCUT2D eigenvalue weighted by Crippen LogP contribution is -2.31. The van der Waals surface area contributed by atoms with Gasteiger partial charge in [-0.25, -0.2) is 0 Å². The largest absolute Gasteiger partial charge is 0.399 e. The average Bonchev–Trinajstić information content (AvgIpc) is 2.18. The molecule has 0 aliphatic heterocycles. The lowest BCUT2D eigenvalue weighted by atomic mass is 10.1. The third kappa shape index (κ3) is 2.76. The van der Waals surface area contributed by atoms with Crippen molar-refractivity contribution in [3.05, 3.63) is 29.8 Å². The number of nitrogens with two attached hydrogens (primary N) is 1. The van der Waals surface area contributed by atoms with Gasteiger partial charge < -0.3 is 11.1 Å². The number of nitrogens with one attached hydrogen (secondary N) is 1. The van der Waals surface area contributed by atoms with Crippen LogP contribution < -0.4 is 11.1 Å². The zero-order chi connectivity index (χ0) is 10.6. The van der Waals surface area contributed by atoms with Crippen LogP contribution in [0.3, 0.4) is 0 Å². The summed E-state index contributed by atoms with van der Waals surface area (Å²) in [6.45, 7) is 4.02. The van der Waals surface area contributed by atoms with Crippen molar-refractivity contribution in [2.45, 2.75) is 26.3 Å². The van der Waals surface area contributed by atoms with Crippen molar-refractivity contribution < 1.29 is 4.79 Å². The number of benzene rings is 1. The van der Waals surface area contributed by atoms with Crippen molar-refractivity contribution in [2.24, 2.45) is 0 Å². The Morgan fingerprint density at radius 2 is 2.00 bits per heavy atom. The van der Waals surface area contributed by atoms with Crippen molar-refractivity contribution in [1.29, 1.82) is 0 Å². The van der Waals surface area contributed by atoms with E-state index in [2.05, 4.69) is 5.32 Å². The van der Waals surface area contributed by atoms with Gasteiger partial charge in [-0.05, 0) is 37.6 Å². The lowest BCUT2D eigenvalue weighted by Gasteiger charge is -2.11. The summed E-state index contributed by atoms with van der Waals surface area (Å²) < 4.78 is 0. The molecule has 3 N–H and O–H groups in total. The number of carbonyl (C=O) groups is 1. The molecule has 0 heterocycles. The van der Waals surface area contributed by atoms with E-state index in [1.165, 1.54) is 0 Å². The van der Waals surface area contributed by atoms with E-state index >= 15 is 0 Å². The predicted octanol–water partition coefficient (Wildman–Crippen LogP) is 1.80. The van der Waals surface area contributed by atoms with Crippen LogP contribution in [0.4, 0.5) is 5.69 Å². The number of amides is 1. The van der Waals surface area contributed by atoms with Crippen LogP contribution in [0.5, 0.6) is 0 Å². The van der Waals surface area contributed by atoms with Gasteiger partial charge in [-0.1, -0.05) is 6.92 Å². The minimum absolute atomic E-state index is 0.0423. The average molecular weight is 192 g/mol. The highest BCUT2D eigenvalue weighted by molar-refractivity contribution is 5.94. The summed E-state index contributed by atoms with van der Waals surface area (Å²) in [6, 6.07) is 7.12. The standard InChI is InChI=1S/C11H16N2O/c1-3-8(2)13-11(14)9-4-6-10(12)7-5-9/h4-8H,3,12H2,1-2H3,(H,13,14)/t8-/m1/s1. The van der Waals surface area contributed by atoms with E-state index in [0.717, 1.165) is 6.42 Å². The Labute approximate surface area is 84.3 Å². The molecule has 1 aromatic rings. The molecule has 1 aromatic carbocycles. The minimum Gasteiger partial charge on any atom is -0.399 e. The highest BCUT2D eigenvalue weighted by Crippen LogP contribution is 2.05. The van der Waals surface area contributed by atoms with E-state index in [4.69, 9.17) is 5.73 Å². The normalized spacial score (nSPS) is 12.1. The Morgan fingerprint density at radius 1 is 1.43 bits per heavy atom. The molecule has 1 atom stereocenters. The van der Waals surface area contributed by atoms with Crippen molar-refractivity contribution >= 4 is 11.6 Å². The van der Waals surface area contributed by atoms with Crippen molar-refractivity contribution in [1.82, 2.24) is 5.32 Å². The van der Waals surface area contributed by atoms with Gasteiger partial charge in [0.15, 0.2) is 0 Å². The maximum atomic E-state index is 11.6. The summed E-state index contributed by atoms with van der Waals surface area (Å²) in [5, 5.41) is 2.89. The molecule has 0 saturated carbocycles. The second kappa shape index (κ2) is 4.65. The Morgan fingerprint density at radius 3 is 2.50 bits per heavy atom. The molecule has 14 heavy (non-hydrogen) atoms. The molecule has 1 amide bonds. The Kier molecular flexibility index (Phi) is 3.51. The second-order valence-electron chi connectivity index (χ2n) is 3.40. The summed E-state index contributed by atoms with van der Waals surface area (Å²) in [5.41, 5.74) is 6.85. The number of carbonyl (C=O) groups excluding carboxylic acids is 1. The first-order chi connectivity index (χ1) is 6.63. The molecular weight excluding hydrogens is 176 g/mol. The third-order valence-electron chi connectivity index (χ3n) is 2.16. The minimum atomic E-state index is -0.0423. The van der Waals surface area contributed by atoms with Crippen LogP contribution in [0.2, 0.25) is 0 Å². The van der Waals surface area contributed by atoms with E-state index in [1.807, 2.05) is 13.8 Å². The van der Waals surface area contributed by atoms with E-state index in [1.54, 1.807) is 24.3 Å². The molecule has 0 aliphatic rings. The molecular formula is C11H16N2O. The van der Waals surface area contributed by atoms with Gasteiger partial charge in [-0.15, -0.1) is 0 Å².